The van der Waals surface area contributed by atoms with Crippen molar-refractivity contribution >= 4 is 0 Å². The average molecular weight is 226 g/mol. The van der Waals surface area contributed by atoms with Crippen molar-refractivity contribution in [2.75, 3.05) is 0 Å². The van der Waals surface area contributed by atoms with E-state index in [4.69, 9.17) is 0 Å². The van der Waals surface area contributed by atoms with Crippen LogP contribution in [0.1, 0.15) is 81.1 Å². The first kappa shape index (κ1) is 16.0. The summed E-state index contributed by atoms with van der Waals surface area (Å²) < 4.78 is 0. The van der Waals surface area contributed by atoms with Crippen molar-refractivity contribution in [2.24, 2.45) is 22.7 Å². The van der Waals surface area contributed by atoms with Crippen molar-refractivity contribution in [3.63, 3.8) is 0 Å². The fraction of sp³-hybridized carbons (Fsp3) is 1.00. The first-order chi connectivity index (χ1) is 7.01. The number of hydrogen-bond acceptors (Lipinski definition) is 0. The van der Waals surface area contributed by atoms with Crippen molar-refractivity contribution in [1.82, 2.24) is 0 Å². The Hall–Kier alpha value is 0. The maximum atomic E-state index is 2.38. The molecule has 0 spiro atoms. The van der Waals surface area contributed by atoms with Crippen molar-refractivity contribution < 1.29 is 0 Å². The molecule has 0 heteroatoms. The summed E-state index contributed by atoms with van der Waals surface area (Å²) in [5.41, 5.74) is 0.990. The van der Waals surface area contributed by atoms with E-state index >= 15 is 0 Å². The highest BCUT2D eigenvalue weighted by molar-refractivity contribution is 4.72. The van der Waals surface area contributed by atoms with E-state index in [0.29, 0.717) is 10.8 Å². The SMILES string of the molecule is CC(C)C(CCC(C)(C)C)CCC(C)(C)C. The summed E-state index contributed by atoms with van der Waals surface area (Å²) in [7, 11) is 0. The molecule has 0 atom stereocenters. The molecule has 0 aliphatic carbocycles. The van der Waals surface area contributed by atoms with Crippen LogP contribution in [0, 0.1) is 22.7 Å². The average Bonchev–Trinajstić information content (AvgIpc) is 1.98. The van der Waals surface area contributed by atoms with Gasteiger partial charge in [-0.3, -0.25) is 0 Å². The van der Waals surface area contributed by atoms with Crippen LogP contribution in [0.25, 0.3) is 0 Å². The second-order valence-electron chi connectivity index (χ2n) is 8.20. The fourth-order valence-corrected chi connectivity index (χ4v) is 2.05. The van der Waals surface area contributed by atoms with E-state index in [0.717, 1.165) is 11.8 Å². The standard InChI is InChI=1S/C16H34/c1-13(2)14(9-11-15(3,4)5)10-12-16(6,7)8/h13-14H,9-12H2,1-8H3. The van der Waals surface area contributed by atoms with Crippen molar-refractivity contribution in [1.29, 1.82) is 0 Å². The van der Waals surface area contributed by atoms with E-state index in [1.165, 1.54) is 25.7 Å². The summed E-state index contributed by atoms with van der Waals surface area (Å²) in [6.07, 6.45) is 5.52. The molecule has 0 unspecified atom stereocenters. The van der Waals surface area contributed by atoms with E-state index in [1.807, 2.05) is 0 Å². The molecular weight excluding hydrogens is 192 g/mol. The molecule has 0 bridgehead atoms. The summed E-state index contributed by atoms with van der Waals surface area (Å²) in [4.78, 5) is 0. The Kier molecular flexibility index (Phi) is 6.07. The van der Waals surface area contributed by atoms with E-state index in [9.17, 15) is 0 Å². The minimum Gasteiger partial charge on any atom is -0.0625 e. The maximum absolute atomic E-state index is 2.38. The largest absolute Gasteiger partial charge is 0.0625 e. The molecule has 0 aromatic rings. The van der Waals surface area contributed by atoms with Crippen LogP contribution < -0.4 is 0 Å². The van der Waals surface area contributed by atoms with E-state index in [1.54, 1.807) is 0 Å². The molecule has 0 radical (unpaired) electrons. The zero-order chi connectivity index (χ0) is 13.0. The second kappa shape index (κ2) is 6.07. The van der Waals surface area contributed by atoms with Crippen molar-refractivity contribution in [2.45, 2.75) is 81.1 Å². The lowest BCUT2D eigenvalue weighted by Gasteiger charge is -2.28. The van der Waals surface area contributed by atoms with Gasteiger partial charge in [0, 0.05) is 0 Å². The van der Waals surface area contributed by atoms with Gasteiger partial charge in [0.05, 0.1) is 0 Å². The van der Waals surface area contributed by atoms with Gasteiger partial charge in [-0.05, 0) is 48.3 Å². The monoisotopic (exact) mass is 226 g/mol. The van der Waals surface area contributed by atoms with Gasteiger partial charge in [-0.1, -0.05) is 55.4 Å². The predicted octanol–water partition coefficient (Wildman–Crippen LogP) is 5.91. The number of hydrogen-bond donors (Lipinski definition) is 0. The first-order valence-electron chi connectivity index (χ1n) is 7.01. The second-order valence-corrected chi connectivity index (χ2v) is 8.20. The Balaban J connectivity index is 4.09. The van der Waals surface area contributed by atoms with Gasteiger partial charge in [0.25, 0.3) is 0 Å². The van der Waals surface area contributed by atoms with Crippen LogP contribution in [0.4, 0.5) is 0 Å². The van der Waals surface area contributed by atoms with Crippen molar-refractivity contribution in [3.05, 3.63) is 0 Å². The Bertz CT molecular complexity index is 157. The normalized spacial score (nSPS) is 13.9. The molecule has 0 saturated carbocycles. The molecule has 0 aromatic heterocycles. The molecule has 0 aliphatic rings. The molecule has 16 heavy (non-hydrogen) atoms. The van der Waals surface area contributed by atoms with E-state index < -0.39 is 0 Å². The molecule has 0 saturated heterocycles. The highest BCUT2D eigenvalue weighted by Gasteiger charge is 2.20. The molecule has 0 nitrogen and oxygen atoms in total. The minimum atomic E-state index is 0.495. The van der Waals surface area contributed by atoms with Crippen LogP contribution >= 0.6 is 0 Å². The molecule has 0 heterocycles. The highest BCUT2D eigenvalue weighted by atomic mass is 14.3. The predicted molar refractivity (Wildman–Crippen MR) is 75.7 cm³/mol. The van der Waals surface area contributed by atoms with Gasteiger partial charge < -0.3 is 0 Å². The molecule has 0 rings (SSSR count). The summed E-state index contributed by atoms with van der Waals surface area (Å²) in [6.45, 7) is 18.9. The third-order valence-corrected chi connectivity index (χ3v) is 3.47. The zero-order valence-electron chi connectivity index (χ0n) is 13.0. The summed E-state index contributed by atoms with van der Waals surface area (Å²) >= 11 is 0. The van der Waals surface area contributed by atoms with Crippen LogP contribution in [-0.2, 0) is 0 Å². The van der Waals surface area contributed by atoms with Gasteiger partial charge in [0.1, 0.15) is 0 Å². The van der Waals surface area contributed by atoms with Gasteiger partial charge in [-0.15, -0.1) is 0 Å². The highest BCUT2D eigenvalue weighted by Crippen LogP contribution is 2.32. The molecule has 0 amide bonds. The molecule has 0 N–H and O–H groups in total. The minimum absolute atomic E-state index is 0.495. The van der Waals surface area contributed by atoms with Crippen LogP contribution in [0.15, 0.2) is 0 Å². The van der Waals surface area contributed by atoms with Crippen LogP contribution in [0.2, 0.25) is 0 Å². The van der Waals surface area contributed by atoms with Gasteiger partial charge in [-0.2, -0.15) is 0 Å². The van der Waals surface area contributed by atoms with Crippen LogP contribution in [-0.4, -0.2) is 0 Å². The Morgan fingerprint density at radius 2 is 1.00 bits per heavy atom. The third kappa shape index (κ3) is 9.24. The lowest BCUT2D eigenvalue weighted by molar-refractivity contribution is 0.234. The van der Waals surface area contributed by atoms with Gasteiger partial charge >= 0.3 is 0 Å². The molecule has 0 aliphatic heterocycles. The van der Waals surface area contributed by atoms with E-state index in [-0.39, 0.29) is 0 Å². The Labute approximate surface area is 104 Å². The third-order valence-electron chi connectivity index (χ3n) is 3.47. The zero-order valence-corrected chi connectivity index (χ0v) is 13.0. The van der Waals surface area contributed by atoms with E-state index in [2.05, 4.69) is 55.4 Å². The summed E-state index contributed by atoms with van der Waals surface area (Å²) in [5, 5.41) is 0. The molecule has 0 aromatic carbocycles. The summed E-state index contributed by atoms with van der Waals surface area (Å²) in [6, 6.07) is 0. The Morgan fingerprint density at radius 3 is 1.19 bits per heavy atom. The molecular formula is C16H34. The van der Waals surface area contributed by atoms with Crippen LogP contribution in [0.5, 0.6) is 0 Å². The number of rotatable bonds is 5. The Morgan fingerprint density at radius 1 is 0.688 bits per heavy atom. The van der Waals surface area contributed by atoms with Gasteiger partial charge in [0.15, 0.2) is 0 Å². The smallest absolute Gasteiger partial charge is 0.0383 e. The van der Waals surface area contributed by atoms with Gasteiger partial charge in [0.2, 0.25) is 0 Å². The molecule has 0 fully saturated rings. The quantitative estimate of drug-likeness (QED) is 0.546. The topological polar surface area (TPSA) is 0 Å². The molecule has 98 valence electrons. The lowest BCUT2D eigenvalue weighted by atomic mass is 9.78. The summed E-state index contributed by atoms with van der Waals surface area (Å²) in [5.74, 6) is 1.75. The first-order valence-corrected chi connectivity index (χ1v) is 7.01. The maximum Gasteiger partial charge on any atom is -0.0383 e. The fourth-order valence-electron chi connectivity index (χ4n) is 2.05. The van der Waals surface area contributed by atoms with Gasteiger partial charge in [-0.25, -0.2) is 0 Å². The van der Waals surface area contributed by atoms with Crippen LogP contribution in [0.3, 0.4) is 0 Å². The lowest BCUT2D eigenvalue weighted by Crippen LogP contribution is -2.16. The van der Waals surface area contributed by atoms with Crippen molar-refractivity contribution in [3.8, 4) is 0 Å².